The largest absolute Gasteiger partial charge is 0.396 e. The number of nitrogen functional groups attached to an aromatic ring is 1. The van der Waals surface area contributed by atoms with Crippen LogP contribution in [0, 0.1) is 0 Å². The third kappa shape index (κ3) is 1.89. The fourth-order valence-electron chi connectivity index (χ4n) is 1.41. The molecule has 3 N–H and O–H groups in total. The van der Waals surface area contributed by atoms with Crippen LogP contribution in [0.5, 0.6) is 0 Å². The fourth-order valence-corrected chi connectivity index (χ4v) is 1.41. The highest BCUT2D eigenvalue weighted by atomic mass is 16.5. The number of nitrogens with one attached hydrogen (secondary N) is 1. The lowest BCUT2D eigenvalue weighted by Gasteiger charge is -2.13. The summed E-state index contributed by atoms with van der Waals surface area (Å²) in [5.74, 6) is 0. The molecule has 0 bridgehead atoms. The molecule has 1 fully saturated rings. The SMILES string of the molecule is Nc1cnccc1N[C@H]1CCOC1. The number of nitrogens with zero attached hydrogens (tertiary/aromatic N) is 1. The van der Waals surface area contributed by atoms with Gasteiger partial charge in [-0.25, -0.2) is 0 Å². The Hall–Kier alpha value is -1.29. The normalized spacial score (nSPS) is 21.7. The molecule has 0 unspecified atom stereocenters. The van der Waals surface area contributed by atoms with Crippen molar-refractivity contribution in [3.05, 3.63) is 18.5 Å². The molecule has 0 saturated carbocycles. The Morgan fingerprint density at radius 3 is 3.23 bits per heavy atom. The van der Waals surface area contributed by atoms with Crippen LogP contribution in [0.2, 0.25) is 0 Å². The van der Waals surface area contributed by atoms with Crippen LogP contribution >= 0.6 is 0 Å². The van der Waals surface area contributed by atoms with E-state index in [1.807, 2.05) is 6.07 Å². The molecule has 1 atom stereocenters. The molecule has 4 heteroatoms. The van der Waals surface area contributed by atoms with E-state index in [-0.39, 0.29) is 0 Å². The van der Waals surface area contributed by atoms with E-state index in [1.165, 1.54) is 0 Å². The molecule has 1 saturated heterocycles. The van der Waals surface area contributed by atoms with Crippen molar-refractivity contribution in [1.29, 1.82) is 0 Å². The Labute approximate surface area is 77.1 Å². The first-order valence-corrected chi connectivity index (χ1v) is 4.40. The first-order valence-electron chi connectivity index (χ1n) is 4.40. The molecule has 1 aromatic heterocycles. The standard InChI is InChI=1S/C9H13N3O/c10-8-5-11-3-1-9(8)12-7-2-4-13-6-7/h1,3,5,7H,2,4,6,10H2,(H,11,12)/t7-/m0/s1. The second-order valence-corrected chi connectivity index (χ2v) is 3.17. The topological polar surface area (TPSA) is 60.2 Å². The predicted octanol–water partition coefficient (Wildman–Crippen LogP) is 0.865. The van der Waals surface area contributed by atoms with Gasteiger partial charge in [-0.05, 0) is 12.5 Å². The van der Waals surface area contributed by atoms with Crippen molar-refractivity contribution in [2.75, 3.05) is 24.3 Å². The molecule has 2 heterocycles. The average molecular weight is 179 g/mol. The molecule has 0 aromatic carbocycles. The zero-order chi connectivity index (χ0) is 9.10. The highest BCUT2D eigenvalue weighted by Gasteiger charge is 2.15. The number of ether oxygens (including phenoxy) is 1. The van der Waals surface area contributed by atoms with Gasteiger partial charge in [0.05, 0.1) is 30.2 Å². The van der Waals surface area contributed by atoms with Crippen LogP contribution in [0.15, 0.2) is 18.5 Å². The predicted molar refractivity (Wildman–Crippen MR) is 51.5 cm³/mol. The van der Waals surface area contributed by atoms with Crippen molar-refractivity contribution < 1.29 is 4.74 Å². The second kappa shape index (κ2) is 3.62. The molecule has 1 aliphatic heterocycles. The molecule has 13 heavy (non-hydrogen) atoms. The lowest BCUT2D eigenvalue weighted by Crippen LogP contribution is -2.19. The van der Waals surface area contributed by atoms with Crippen LogP contribution in [0.3, 0.4) is 0 Å². The van der Waals surface area contributed by atoms with Crippen LogP contribution in [0.25, 0.3) is 0 Å². The summed E-state index contributed by atoms with van der Waals surface area (Å²) >= 11 is 0. The van der Waals surface area contributed by atoms with Gasteiger partial charge in [-0.15, -0.1) is 0 Å². The van der Waals surface area contributed by atoms with Gasteiger partial charge in [0.15, 0.2) is 0 Å². The molecule has 70 valence electrons. The highest BCUT2D eigenvalue weighted by molar-refractivity contribution is 5.64. The number of pyridine rings is 1. The number of nitrogens with two attached hydrogens (primary N) is 1. The first-order chi connectivity index (χ1) is 6.36. The lowest BCUT2D eigenvalue weighted by molar-refractivity contribution is 0.195. The summed E-state index contributed by atoms with van der Waals surface area (Å²) in [6.07, 6.45) is 4.43. The maximum Gasteiger partial charge on any atom is 0.0736 e. The molecule has 1 aliphatic rings. The van der Waals surface area contributed by atoms with E-state index in [2.05, 4.69) is 10.3 Å². The van der Waals surface area contributed by atoms with E-state index in [0.29, 0.717) is 11.7 Å². The monoisotopic (exact) mass is 179 g/mol. The Balaban J connectivity index is 2.04. The maximum absolute atomic E-state index is 5.73. The van der Waals surface area contributed by atoms with E-state index < -0.39 is 0 Å². The van der Waals surface area contributed by atoms with Crippen LogP contribution in [-0.4, -0.2) is 24.2 Å². The van der Waals surface area contributed by atoms with Gasteiger partial charge in [0.2, 0.25) is 0 Å². The molecule has 4 nitrogen and oxygen atoms in total. The number of rotatable bonds is 2. The molecule has 0 radical (unpaired) electrons. The van der Waals surface area contributed by atoms with Gasteiger partial charge >= 0.3 is 0 Å². The van der Waals surface area contributed by atoms with Crippen LogP contribution in [-0.2, 0) is 4.74 Å². The smallest absolute Gasteiger partial charge is 0.0736 e. The van der Waals surface area contributed by atoms with Gasteiger partial charge in [0.25, 0.3) is 0 Å². The molecule has 1 aromatic rings. The molecule has 0 spiro atoms. The van der Waals surface area contributed by atoms with Gasteiger partial charge in [-0.3, -0.25) is 4.98 Å². The summed E-state index contributed by atoms with van der Waals surface area (Å²) in [7, 11) is 0. The van der Waals surface area contributed by atoms with Crippen molar-refractivity contribution in [2.45, 2.75) is 12.5 Å². The van der Waals surface area contributed by atoms with Gasteiger partial charge in [0, 0.05) is 12.8 Å². The summed E-state index contributed by atoms with van der Waals surface area (Å²) < 4.78 is 5.25. The third-order valence-electron chi connectivity index (χ3n) is 2.14. The minimum absolute atomic E-state index is 0.393. The van der Waals surface area contributed by atoms with Crippen molar-refractivity contribution in [3.8, 4) is 0 Å². The van der Waals surface area contributed by atoms with Crippen LogP contribution in [0.4, 0.5) is 11.4 Å². The van der Waals surface area contributed by atoms with Crippen molar-refractivity contribution in [3.63, 3.8) is 0 Å². The highest BCUT2D eigenvalue weighted by Crippen LogP contribution is 2.18. The molecule has 0 aliphatic carbocycles. The van der Waals surface area contributed by atoms with E-state index in [0.717, 1.165) is 25.3 Å². The van der Waals surface area contributed by atoms with E-state index in [4.69, 9.17) is 10.5 Å². The summed E-state index contributed by atoms with van der Waals surface area (Å²) in [6.45, 7) is 1.60. The zero-order valence-corrected chi connectivity index (χ0v) is 7.36. The Morgan fingerprint density at radius 2 is 2.54 bits per heavy atom. The Morgan fingerprint density at radius 1 is 1.62 bits per heavy atom. The van der Waals surface area contributed by atoms with Crippen molar-refractivity contribution in [2.24, 2.45) is 0 Å². The third-order valence-corrected chi connectivity index (χ3v) is 2.14. The summed E-state index contributed by atoms with van der Waals surface area (Å²) in [5.41, 5.74) is 7.37. The first kappa shape index (κ1) is 8.31. The molecular weight excluding hydrogens is 166 g/mol. The Bertz CT molecular complexity index is 284. The van der Waals surface area contributed by atoms with E-state index in [9.17, 15) is 0 Å². The zero-order valence-electron chi connectivity index (χ0n) is 7.36. The quantitative estimate of drug-likeness (QED) is 0.707. The molecular formula is C9H13N3O. The minimum atomic E-state index is 0.393. The van der Waals surface area contributed by atoms with Gasteiger partial charge in [-0.2, -0.15) is 0 Å². The lowest BCUT2D eigenvalue weighted by atomic mass is 10.2. The van der Waals surface area contributed by atoms with E-state index in [1.54, 1.807) is 12.4 Å². The summed E-state index contributed by atoms with van der Waals surface area (Å²) in [5, 5.41) is 3.32. The van der Waals surface area contributed by atoms with Gasteiger partial charge in [0.1, 0.15) is 0 Å². The van der Waals surface area contributed by atoms with E-state index >= 15 is 0 Å². The van der Waals surface area contributed by atoms with Gasteiger partial charge < -0.3 is 15.8 Å². The number of anilines is 2. The number of aromatic nitrogens is 1. The van der Waals surface area contributed by atoms with Crippen molar-refractivity contribution >= 4 is 11.4 Å². The van der Waals surface area contributed by atoms with Crippen molar-refractivity contribution in [1.82, 2.24) is 4.98 Å². The molecule has 2 rings (SSSR count). The second-order valence-electron chi connectivity index (χ2n) is 3.17. The van der Waals surface area contributed by atoms with Gasteiger partial charge in [-0.1, -0.05) is 0 Å². The maximum atomic E-state index is 5.73. The number of hydrogen-bond donors (Lipinski definition) is 2. The number of hydrogen-bond acceptors (Lipinski definition) is 4. The molecule has 0 amide bonds. The summed E-state index contributed by atoms with van der Waals surface area (Å²) in [4.78, 5) is 3.92. The minimum Gasteiger partial charge on any atom is -0.396 e. The Kier molecular flexibility index (Phi) is 2.31. The summed E-state index contributed by atoms with van der Waals surface area (Å²) in [6, 6.07) is 2.28. The van der Waals surface area contributed by atoms with Crippen LogP contribution < -0.4 is 11.1 Å². The fraction of sp³-hybridized carbons (Fsp3) is 0.444. The van der Waals surface area contributed by atoms with Crippen LogP contribution in [0.1, 0.15) is 6.42 Å². The average Bonchev–Trinajstić information content (AvgIpc) is 2.61.